The molecule has 3 nitrogen and oxygen atoms in total. The first-order chi connectivity index (χ1) is 7.63. The highest BCUT2D eigenvalue weighted by atomic mass is 32.1. The average Bonchev–Trinajstić information content (AvgIpc) is 2.76. The predicted octanol–water partition coefficient (Wildman–Crippen LogP) is 3.61. The van der Waals surface area contributed by atoms with Crippen molar-refractivity contribution in [1.82, 2.24) is 10.2 Å². The van der Waals surface area contributed by atoms with Crippen LogP contribution in [0.5, 0.6) is 0 Å². The summed E-state index contributed by atoms with van der Waals surface area (Å²) in [6, 6.07) is 4.71. The maximum Gasteiger partial charge on any atom is 0.204 e. The summed E-state index contributed by atoms with van der Waals surface area (Å²) >= 11 is 8.30. The van der Waals surface area contributed by atoms with Gasteiger partial charge >= 0.3 is 0 Å². The van der Waals surface area contributed by atoms with Gasteiger partial charge in [0.15, 0.2) is 3.95 Å². The van der Waals surface area contributed by atoms with E-state index in [1.807, 2.05) is 11.3 Å². The lowest BCUT2D eigenvalue weighted by atomic mass is 10.2. The number of hydrogen-bond donors (Lipinski definition) is 2. The minimum Gasteiger partial charge on any atom is -0.357 e. The van der Waals surface area contributed by atoms with Crippen LogP contribution in [0.25, 0.3) is 0 Å². The van der Waals surface area contributed by atoms with Gasteiger partial charge in [-0.25, -0.2) is 0 Å². The lowest BCUT2D eigenvalue weighted by Gasteiger charge is -2.10. The Balaban J connectivity index is 1.94. The Hall–Kier alpha value is -0.720. The van der Waals surface area contributed by atoms with Gasteiger partial charge in [-0.2, -0.15) is 0 Å². The molecule has 2 N–H and O–H groups in total. The van der Waals surface area contributed by atoms with E-state index < -0.39 is 0 Å². The second kappa shape index (κ2) is 5.07. The molecule has 0 amide bonds. The highest BCUT2D eigenvalue weighted by Crippen LogP contribution is 2.19. The number of rotatable bonds is 4. The number of nitrogens with one attached hydrogen (secondary N) is 2. The summed E-state index contributed by atoms with van der Waals surface area (Å²) in [6.45, 7) is 4.28. The molecule has 0 saturated heterocycles. The molecule has 2 aromatic rings. The van der Waals surface area contributed by atoms with Crippen molar-refractivity contribution in [2.24, 2.45) is 0 Å². The fourth-order valence-corrected chi connectivity index (χ4v) is 3.37. The number of aromatic amines is 1. The van der Waals surface area contributed by atoms with Crippen molar-refractivity contribution in [3.8, 4) is 0 Å². The SMILES string of the molecule is Cc1ccc(CC(C)Nc2n[nH]c(=S)s2)s1. The number of aryl methyl sites for hydroxylation is 1. The van der Waals surface area contributed by atoms with Gasteiger partial charge in [-0.3, -0.25) is 5.10 Å². The first kappa shape index (κ1) is 11.8. The number of thiophene rings is 1. The summed E-state index contributed by atoms with van der Waals surface area (Å²) in [5, 5.41) is 11.1. The molecular weight excluding hydrogens is 258 g/mol. The first-order valence-corrected chi connectivity index (χ1v) is 7.05. The molecule has 2 heterocycles. The molecule has 1 unspecified atom stereocenters. The van der Waals surface area contributed by atoms with Crippen LogP contribution in [0.15, 0.2) is 12.1 Å². The molecule has 0 saturated carbocycles. The van der Waals surface area contributed by atoms with Gasteiger partial charge in [0, 0.05) is 22.2 Å². The smallest absolute Gasteiger partial charge is 0.204 e. The Morgan fingerprint density at radius 3 is 2.88 bits per heavy atom. The largest absolute Gasteiger partial charge is 0.357 e. The Kier molecular flexibility index (Phi) is 3.73. The first-order valence-electron chi connectivity index (χ1n) is 5.01. The third-order valence-electron chi connectivity index (χ3n) is 2.11. The van der Waals surface area contributed by atoms with Crippen LogP contribution in [0.4, 0.5) is 5.13 Å². The van der Waals surface area contributed by atoms with Crippen LogP contribution in [-0.4, -0.2) is 16.2 Å². The van der Waals surface area contributed by atoms with E-state index >= 15 is 0 Å². The minimum absolute atomic E-state index is 0.368. The maximum absolute atomic E-state index is 4.98. The monoisotopic (exact) mass is 271 g/mol. The average molecular weight is 271 g/mol. The van der Waals surface area contributed by atoms with Gasteiger partial charge in [0.05, 0.1) is 0 Å². The topological polar surface area (TPSA) is 40.7 Å². The van der Waals surface area contributed by atoms with Crippen LogP contribution >= 0.6 is 34.9 Å². The summed E-state index contributed by atoms with van der Waals surface area (Å²) in [7, 11) is 0. The molecule has 0 radical (unpaired) electrons. The van der Waals surface area contributed by atoms with Crippen molar-refractivity contribution < 1.29 is 0 Å². The van der Waals surface area contributed by atoms with Crippen LogP contribution in [0.3, 0.4) is 0 Å². The molecule has 2 aromatic heterocycles. The summed E-state index contributed by atoms with van der Waals surface area (Å²) in [5.41, 5.74) is 0. The molecule has 0 spiro atoms. The molecule has 6 heteroatoms. The summed E-state index contributed by atoms with van der Waals surface area (Å²) in [6.07, 6.45) is 1.02. The molecule has 16 heavy (non-hydrogen) atoms. The van der Waals surface area contributed by atoms with Crippen molar-refractivity contribution in [3.63, 3.8) is 0 Å². The molecule has 0 fully saturated rings. The van der Waals surface area contributed by atoms with E-state index in [-0.39, 0.29) is 0 Å². The van der Waals surface area contributed by atoms with Gasteiger partial charge in [-0.05, 0) is 38.2 Å². The Morgan fingerprint density at radius 1 is 1.50 bits per heavy atom. The molecule has 0 aliphatic rings. The molecular formula is C10H13N3S3. The summed E-state index contributed by atoms with van der Waals surface area (Å²) in [4.78, 5) is 2.76. The highest BCUT2D eigenvalue weighted by molar-refractivity contribution is 7.73. The van der Waals surface area contributed by atoms with Crippen molar-refractivity contribution in [3.05, 3.63) is 25.8 Å². The van der Waals surface area contributed by atoms with E-state index in [0.717, 1.165) is 11.6 Å². The quantitative estimate of drug-likeness (QED) is 0.835. The van der Waals surface area contributed by atoms with Crippen molar-refractivity contribution in [1.29, 1.82) is 0 Å². The van der Waals surface area contributed by atoms with E-state index in [9.17, 15) is 0 Å². The van der Waals surface area contributed by atoms with Crippen LogP contribution in [0.2, 0.25) is 0 Å². The zero-order valence-corrected chi connectivity index (χ0v) is 11.6. The summed E-state index contributed by atoms with van der Waals surface area (Å²) in [5.74, 6) is 0. The van der Waals surface area contributed by atoms with E-state index in [4.69, 9.17) is 12.2 Å². The zero-order valence-electron chi connectivity index (χ0n) is 9.11. The Bertz CT molecular complexity index is 511. The second-order valence-corrected chi connectivity index (χ2v) is 6.72. The fourth-order valence-electron chi connectivity index (χ4n) is 1.45. The van der Waals surface area contributed by atoms with Crippen LogP contribution in [0, 0.1) is 10.9 Å². The lowest BCUT2D eigenvalue weighted by molar-refractivity contribution is 0.795. The van der Waals surface area contributed by atoms with E-state index in [2.05, 4.69) is 41.5 Å². The van der Waals surface area contributed by atoms with Crippen molar-refractivity contribution >= 4 is 40.0 Å². The van der Waals surface area contributed by atoms with Gasteiger partial charge in [0.25, 0.3) is 0 Å². The molecule has 0 aliphatic heterocycles. The maximum atomic E-state index is 4.98. The molecule has 0 aromatic carbocycles. The van der Waals surface area contributed by atoms with Gasteiger partial charge in [0.1, 0.15) is 0 Å². The van der Waals surface area contributed by atoms with Crippen molar-refractivity contribution in [2.75, 3.05) is 5.32 Å². The molecule has 2 rings (SSSR count). The van der Waals surface area contributed by atoms with Crippen LogP contribution in [0.1, 0.15) is 16.7 Å². The predicted molar refractivity (Wildman–Crippen MR) is 73.1 cm³/mol. The standard InChI is InChI=1S/C10H13N3S3/c1-6(5-8-4-3-7(2)15-8)11-9-12-13-10(14)16-9/h3-4,6H,5H2,1-2H3,(H,11,12)(H,13,14). The molecule has 86 valence electrons. The number of aromatic nitrogens is 2. The van der Waals surface area contributed by atoms with Crippen LogP contribution < -0.4 is 5.32 Å². The highest BCUT2D eigenvalue weighted by Gasteiger charge is 2.07. The van der Waals surface area contributed by atoms with Gasteiger partial charge in [-0.15, -0.1) is 16.4 Å². The summed E-state index contributed by atoms with van der Waals surface area (Å²) < 4.78 is 0.710. The fraction of sp³-hybridized carbons (Fsp3) is 0.400. The number of hydrogen-bond acceptors (Lipinski definition) is 5. The number of H-pyrrole nitrogens is 1. The normalized spacial score (nSPS) is 12.6. The Labute approximate surface area is 108 Å². The molecule has 1 atom stereocenters. The zero-order chi connectivity index (χ0) is 11.5. The van der Waals surface area contributed by atoms with E-state index in [1.165, 1.54) is 21.1 Å². The lowest BCUT2D eigenvalue weighted by Crippen LogP contribution is -2.17. The van der Waals surface area contributed by atoms with Crippen molar-refractivity contribution in [2.45, 2.75) is 26.3 Å². The number of nitrogens with zero attached hydrogens (tertiary/aromatic N) is 1. The van der Waals surface area contributed by atoms with Crippen LogP contribution in [-0.2, 0) is 6.42 Å². The third-order valence-corrected chi connectivity index (χ3v) is 4.15. The Morgan fingerprint density at radius 2 is 2.31 bits per heavy atom. The molecule has 0 aliphatic carbocycles. The minimum atomic E-state index is 0.368. The second-order valence-electron chi connectivity index (χ2n) is 3.68. The van der Waals surface area contributed by atoms with Gasteiger partial charge in [-0.1, -0.05) is 11.3 Å². The number of anilines is 1. The van der Waals surface area contributed by atoms with Gasteiger partial charge < -0.3 is 5.32 Å². The van der Waals surface area contributed by atoms with E-state index in [1.54, 1.807) is 0 Å². The van der Waals surface area contributed by atoms with Gasteiger partial charge in [0.2, 0.25) is 5.13 Å². The third kappa shape index (κ3) is 3.13. The molecule has 0 bridgehead atoms. The van der Waals surface area contributed by atoms with E-state index in [0.29, 0.717) is 10.00 Å².